The van der Waals surface area contributed by atoms with E-state index in [1.807, 2.05) is 0 Å². The fourth-order valence-electron chi connectivity index (χ4n) is 1.67. The monoisotopic (exact) mass is 299 g/mol. The molecule has 21 heavy (non-hydrogen) atoms. The highest BCUT2D eigenvalue weighted by molar-refractivity contribution is 6.00. The van der Waals surface area contributed by atoms with Gasteiger partial charge >= 0.3 is 6.18 Å². The van der Waals surface area contributed by atoms with Crippen molar-refractivity contribution in [3.63, 3.8) is 0 Å². The molecule has 0 fully saturated rings. The van der Waals surface area contributed by atoms with Crippen molar-refractivity contribution in [2.24, 2.45) is 4.99 Å². The zero-order valence-corrected chi connectivity index (χ0v) is 11.0. The lowest BCUT2D eigenvalue weighted by Crippen LogP contribution is -2.39. The maximum absolute atomic E-state index is 12.7. The highest BCUT2D eigenvalue weighted by Crippen LogP contribution is 2.30. The third kappa shape index (κ3) is 3.52. The molecule has 8 heteroatoms. The first-order valence-corrected chi connectivity index (χ1v) is 5.96. The van der Waals surface area contributed by atoms with Gasteiger partial charge in [0.2, 0.25) is 5.91 Å². The average molecular weight is 299 g/mol. The van der Waals surface area contributed by atoms with E-state index in [-0.39, 0.29) is 5.84 Å². The first kappa shape index (κ1) is 15.3. The Morgan fingerprint density at radius 2 is 2.05 bits per heavy atom. The number of hydrogen-bond acceptors (Lipinski definition) is 4. The molecule has 2 radical (unpaired) electrons. The van der Waals surface area contributed by atoms with E-state index in [4.69, 9.17) is 11.8 Å². The number of likely N-dealkylation sites (N-methyl/N-ethyl adjacent to an activating group) is 1. The SMILES string of the molecule is [CH]c1ccc(C2=NC(C(F)(F)F)ON2CC(=O)NC)cc1. The van der Waals surface area contributed by atoms with Gasteiger partial charge < -0.3 is 5.32 Å². The summed E-state index contributed by atoms with van der Waals surface area (Å²) in [5, 5.41) is 3.13. The molecule has 1 unspecified atom stereocenters. The number of halogens is 3. The molecule has 0 spiro atoms. The van der Waals surface area contributed by atoms with Gasteiger partial charge in [-0.2, -0.15) is 13.2 Å². The van der Waals surface area contributed by atoms with Crippen LogP contribution in [0.2, 0.25) is 0 Å². The van der Waals surface area contributed by atoms with Crippen LogP contribution in [0, 0.1) is 6.92 Å². The number of hydroxylamine groups is 2. The number of rotatable bonds is 3. The number of aliphatic imine (C=N–C) groups is 1. The average Bonchev–Trinajstić information content (AvgIpc) is 2.83. The molecular weight excluding hydrogens is 287 g/mol. The molecule has 1 aromatic carbocycles. The van der Waals surface area contributed by atoms with E-state index in [1.54, 1.807) is 0 Å². The second-order valence-electron chi connectivity index (χ2n) is 4.28. The molecule has 5 nitrogen and oxygen atoms in total. The van der Waals surface area contributed by atoms with Crippen molar-refractivity contribution in [3.05, 3.63) is 42.3 Å². The van der Waals surface area contributed by atoms with E-state index in [2.05, 4.69) is 10.3 Å². The van der Waals surface area contributed by atoms with Crippen molar-refractivity contribution in [2.45, 2.75) is 12.4 Å². The van der Waals surface area contributed by atoms with Crippen LogP contribution in [0.3, 0.4) is 0 Å². The number of amides is 1. The van der Waals surface area contributed by atoms with E-state index in [0.29, 0.717) is 11.1 Å². The van der Waals surface area contributed by atoms with Crippen molar-refractivity contribution >= 4 is 11.7 Å². The fourth-order valence-corrected chi connectivity index (χ4v) is 1.67. The van der Waals surface area contributed by atoms with Crippen molar-refractivity contribution in [1.82, 2.24) is 10.4 Å². The maximum atomic E-state index is 12.7. The molecule has 0 saturated carbocycles. The first-order chi connectivity index (χ1) is 9.81. The Labute approximate surface area is 119 Å². The molecule has 2 rings (SSSR count). The highest BCUT2D eigenvalue weighted by atomic mass is 19.4. The molecule has 0 aromatic heterocycles. The van der Waals surface area contributed by atoms with Crippen LogP contribution in [0.1, 0.15) is 11.1 Å². The summed E-state index contributed by atoms with van der Waals surface area (Å²) in [4.78, 5) is 19.6. The van der Waals surface area contributed by atoms with Gasteiger partial charge in [-0.3, -0.25) is 4.79 Å². The standard InChI is InChI=1S/C13H12F3N3O2/c1-8-3-5-9(6-4-8)11-18-12(13(14,15)16)21-19(11)7-10(20)17-2/h1,3-6,12H,7H2,2H3,(H,17,20). The van der Waals surface area contributed by atoms with Gasteiger partial charge in [-0.15, -0.1) is 0 Å². The van der Waals surface area contributed by atoms with Crippen LogP contribution >= 0.6 is 0 Å². The minimum Gasteiger partial charge on any atom is -0.358 e. The molecule has 0 bridgehead atoms. The van der Waals surface area contributed by atoms with Crippen LogP contribution in [-0.4, -0.2) is 42.8 Å². The molecule has 1 aliphatic heterocycles. The predicted molar refractivity (Wildman–Crippen MR) is 68.1 cm³/mol. The maximum Gasteiger partial charge on any atom is 0.437 e. The molecule has 1 amide bonds. The van der Waals surface area contributed by atoms with Crippen LogP contribution in [0.5, 0.6) is 0 Å². The van der Waals surface area contributed by atoms with Crippen molar-refractivity contribution < 1.29 is 22.8 Å². The zero-order chi connectivity index (χ0) is 15.6. The van der Waals surface area contributed by atoms with Gasteiger partial charge in [-0.1, -0.05) is 24.3 Å². The van der Waals surface area contributed by atoms with E-state index >= 15 is 0 Å². The van der Waals surface area contributed by atoms with Gasteiger partial charge in [0.15, 0.2) is 5.84 Å². The van der Waals surface area contributed by atoms with Gasteiger partial charge in [-0.05, 0) is 12.5 Å². The molecule has 1 aromatic rings. The molecular formula is C13H12F3N3O2. The van der Waals surface area contributed by atoms with Crippen LogP contribution in [0.25, 0.3) is 0 Å². The summed E-state index contributed by atoms with van der Waals surface area (Å²) in [7, 11) is 1.37. The summed E-state index contributed by atoms with van der Waals surface area (Å²) in [6, 6.07) is 6.06. The number of carbonyl (C=O) groups is 1. The van der Waals surface area contributed by atoms with E-state index in [9.17, 15) is 18.0 Å². The lowest BCUT2D eigenvalue weighted by atomic mass is 10.1. The minimum absolute atomic E-state index is 0.0686. The summed E-state index contributed by atoms with van der Waals surface area (Å²) in [5.41, 5.74) is 0.836. The quantitative estimate of drug-likeness (QED) is 0.917. The first-order valence-electron chi connectivity index (χ1n) is 5.96. The van der Waals surface area contributed by atoms with E-state index in [1.165, 1.54) is 31.3 Å². The van der Waals surface area contributed by atoms with E-state index in [0.717, 1.165) is 5.06 Å². The second kappa shape index (κ2) is 5.72. The summed E-state index contributed by atoms with van der Waals surface area (Å²) >= 11 is 0. The van der Waals surface area contributed by atoms with Crippen molar-refractivity contribution in [1.29, 1.82) is 0 Å². The molecule has 1 heterocycles. The van der Waals surface area contributed by atoms with E-state index < -0.39 is 24.9 Å². The predicted octanol–water partition coefficient (Wildman–Crippen LogP) is 1.37. The highest BCUT2D eigenvalue weighted by Gasteiger charge is 2.47. The number of nitrogens with one attached hydrogen (secondary N) is 1. The topological polar surface area (TPSA) is 53.9 Å². The van der Waals surface area contributed by atoms with Gasteiger partial charge in [-0.25, -0.2) is 14.9 Å². The van der Waals surface area contributed by atoms with Gasteiger partial charge in [0.1, 0.15) is 6.54 Å². The zero-order valence-electron chi connectivity index (χ0n) is 11.0. The Hall–Kier alpha value is -2.09. The number of amidine groups is 1. The third-order valence-corrected chi connectivity index (χ3v) is 2.72. The van der Waals surface area contributed by atoms with Crippen molar-refractivity contribution in [2.75, 3.05) is 13.6 Å². The second-order valence-corrected chi connectivity index (χ2v) is 4.28. The van der Waals surface area contributed by atoms with Crippen molar-refractivity contribution in [3.8, 4) is 0 Å². The Morgan fingerprint density at radius 3 is 2.57 bits per heavy atom. The summed E-state index contributed by atoms with van der Waals surface area (Å²) in [6.45, 7) is 5.13. The number of alkyl halides is 3. The lowest BCUT2D eigenvalue weighted by molar-refractivity contribution is -0.260. The van der Waals surface area contributed by atoms with Gasteiger partial charge in [0.25, 0.3) is 6.23 Å². The summed E-state index contributed by atoms with van der Waals surface area (Å²) in [6.07, 6.45) is -6.98. The Balaban J connectivity index is 2.30. The van der Waals surface area contributed by atoms with Crippen LogP contribution < -0.4 is 5.32 Å². The number of benzene rings is 1. The Morgan fingerprint density at radius 1 is 1.43 bits per heavy atom. The van der Waals surface area contributed by atoms with Crippen LogP contribution in [0.15, 0.2) is 29.3 Å². The molecule has 1 aliphatic rings. The summed E-state index contributed by atoms with van der Waals surface area (Å²) in [5.74, 6) is -0.568. The third-order valence-electron chi connectivity index (χ3n) is 2.72. The number of carbonyl (C=O) groups excluding carboxylic acids is 1. The largest absolute Gasteiger partial charge is 0.437 e. The smallest absolute Gasteiger partial charge is 0.358 e. The fraction of sp³-hybridized carbons (Fsp3) is 0.308. The number of hydrogen-bond donors (Lipinski definition) is 1. The summed E-state index contributed by atoms with van der Waals surface area (Å²) < 4.78 is 38.2. The van der Waals surface area contributed by atoms with Gasteiger partial charge in [0, 0.05) is 12.6 Å². The molecule has 1 N–H and O–H groups in total. The minimum atomic E-state index is -4.66. The molecule has 0 aliphatic carbocycles. The molecule has 0 saturated heterocycles. The van der Waals surface area contributed by atoms with Crippen LogP contribution in [-0.2, 0) is 9.63 Å². The normalized spacial score (nSPS) is 18.6. The lowest BCUT2D eigenvalue weighted by Gasteiger charge is -2.19. The molecule has 112 valence electrons. The Bertz CT molecular complexity index is 555. The number of nitrogens with zero attached hydrogens (tertiary/aromatic N) is 2. The van der Waals surface area contributed by atoms with Crippen LogP contribution in [0.4, 0.5) is 13.2 Å². The molecule has 1 atom stereocenters. The Kier molecular flexibility index (Phi) is 4.17. The van der Waals surface area contributed by atoms with Gasteiger partial charge in [0.05, 0.1) is 0 Å².